The molecule has 144 valence electrons. The van der Waals surface area contributed by atoms with Gasteiger partial charge < -0.3 is 15.4 Å². The Morgan fingerprint density at radius 3 is 2.61 bits per heavy atom. The minimum atomic E-state index is -0.359. The van der Waals surface area contributed by atoms with Gasteiger partial charge in [0.05, 0.1) is 0 Å². The van der Waals surface area contributed by atoms with Crippen molar-refractivity contribution in [3.8, 4) is 11.6 Å². The van der Waals surface area contributed by atoms with Gasteiger partial charge in [-0.25, -0.2) is 9.37 Å². The molecule has 0 atom stereocenters. The summed E-state index contributed by atoms with van der Waals surface area (Å²) in [7, 11) is 0. The van der Waals surface area contributed by atoms with Gasteiger partial charge in [-0.1, -0.05) is 38.1 Å². The minimum absolute atomic E-state index is 0.359. The number of thiocarbonyl (C=S) groups is 1. The number of nitrogens with one attached hydrogen (secondary N) is 2. The maximum Gasteiger partial charge on any atom is 0.224 e. The molecule has 0 aliphatic heterocycles. The molecule has 0 aliphatic rings. The van der Waals surface area contributed by atoms with E-state index in [4.69, 9.17) is 17.0 Å². The van der Waals surface area contributed by atoms with Crippen LogP contribution in [0.25, 0.3) is 0 Å². The number of aromatic nitrogens is 1. The van der Waals surface area contributed by atoms with E-state index in [0.29, 0.717) is 29.2 Å². The van der Waals surface area contributed by atoms with Crippen LogP contribution < -0.4 is 15.4 Å². The zero-order chi connectivity index (χ0) is 19.9. The highest BCUT2D eigenvalue weighted by Gasteiger charge is 2.08. The number of pyridine rings is 1. The average Bonchev–Trinajstić information content (AvgIpc) is 2.68. The lowest BCUT2D eigenvalue weighted by atomic mass is 10.0. The standard InChI is InChI=1S/C22H22FN3OS/c1-15(2)16-8-10-19(11-9-16)26-22(28)25-14-17-5-4-12-24-21(17)27-20-7-3-6-18(23)13-20/h3-13,15H,14H2,1-2H3,(H2,25,26,28). The van der Waals surface area contributed by atoms with Crippen LogP contribution >= 0.6 is 12.2 Å². The molecule has 0 spiro atoms. The van der Waals surface area contributed by atoms with Crippen LogP contribution in [-0.2, 0) is 6.54 Å². The number of rotatable bonds is 6. The Morgan fingerprint density at radius 2 is 1.89 bits per heavy atom. The Morgan fingerprint density at radius 1 is 1.11 bits per heavy atom. The Kier molecular flexibility index (Phi) is 6.55. The van der Waals surface area contributed by atoms with Crippen molar-refractivity contribution in [2.24, 2.45) is 0 Å². The third-order valence-electron chi connectivity index (χ3n) is 4.14. The number of halogens is 1. The second-order valence-electron chi connectivity index (χ2n) is 6.61. The van der Waals surface area contributed by atoms with E-state index in [-0.39, 0.29) is 5.82 Å². The second-order valence-corrected chi connectivity index (χ2v) is 7.02. The molecule has 2 N–H and O–H groups in total. The number of ether oxygens (including phenoxy) is 1. The Labute approximate surface area is 169 Å². The van der Waals surface area contributed by atoms with Crippen LogP contribution in [0.1, 0.15) is 30.9 Å². The topological polar surface area (TPSA) is 46.2 Å². The van der Waals surface area contributed by atoms with Crippen molar-refractivity contribution in [1.82, 2.24) is 10.3 Å². The first-order chi connectivity index (χ1) is 13.5. The molecule has 0 saturated heterocycles. The maximum atomic E-state index is 13.4. The summed E-state index contributed by atoms with van der Waals surface area (Å²) in [5, 5.41) is 6.81. The third-order valence-corrected chi connectivity index (χ3v) is 4.38. The van der Waals surface area contributed by atoms with Crippen LogP contribution in [0.2, 0.25) is 0 Å². The first-order valence-electron chi connectivity index (χ1n) is 9.03. The van der Waals surface area contributed by atoms with Crippen molar-refractivity contribution in [3.05, 3.63) is 83.8 Å². The SMILES string of the molecule is CC(C)c1ccc(NC(=S)NCc2cccnc2Oc2cccc(F)c2)cc1. The fourth-order valence-corrected chi connectivity index (χ4v) is 2.78. The fourth-order valence-electron chi connectivity index (χ4n) is 2.59. The fraction of sp³-hybridized carbons (Fsp3) is 0.182. The van der Waals surface area contributed by atoms with Gasteiger partial charge in [0.25, 0.3) is 0 Å². The first kappa shape index (κ1) is 19.8. The van der Waals surface area contributed by atoms with Gasteiger partial charge in [-0.3, -0.25) is 0 Å². The summed E-state index contributed by atoms with van der Waals surface area (Å²) in [5.74, 6) is 0.929. The summed E-state index contributed by atoms with van der Waals surface area (Å²) in [6, 6.07) is 17.8. The molecule has 0 fully saturated rings. The molecule has 28 heavy (non-hydrogen) atoms. The van der Waals surface area contributed by atoms with Gasteiger partial charge in [0, 0.05) is 30.1 Å². The van der Waals surface area contributed by atoms with Gasteiger partial charge in [0.15, 0.2) is 5.11 Å². The van der Waals surface area contributed by atoms with Crippen LogP contribution in [0.4, 0.5) is 10.1 Å². The third kappa shape index (κ3) is 5.50. The Balaban J connectivity index is 1.60. The van der Waals surface area contributed by atoms with E-state index < -0.39 is 0 Å². The highest BCUT2D eigenvalue weighted by Crippen LogP contribution is 2.23. The first-order valence-corrected chi connectivity index (χ1v) is 9.44. The Bertz CT molecular complexity index is 945. The van der Waals surface area contributed by atoms with E-state index in [0.717, 1.165) is 11.3 Å². The lowest BCUT2D eigenvalue weighted by Gasteiger charge is -2.14. The molecule has 0 aliphatic carbocycles. The predicted octanol–water partition coefficient (Wildman–Crippen LogP) is 5.62. The summed E-state index contributed by atoms with van der Waals surface area (Å²) in [6.07, 6.45) is 1.63. The van der Waals surface area contributed by atoms with Crippen LogP contribution in [0, 0.1) is 5.82 Å². The predicted molar refractivity (Wildman–Crippen MR) is 114 cm³/mol. The van der Waals surface area contributed by atoms with Crippen molar-refractivity contribution >= 4 is 23.0 Å². The largest absolute Gasteiger partial charge is 0.439 e. The highest BCUT2D eigenvalue weighted by molar-refractivity contribution is 7.80. The molecule has 0 saturated carbocycles. The van der Waals surface area contributed by atoms with Crippen LogP contribution in [0.15, 0.2) is 66.9 Å². The molecule has 0 unspecified atom stereocenters. The normalized spacial score (nSPS) is 10.6. The molecule has 0 bridgehead atoms. The molecule has 6 heteroatoms. The number of nitrogens with zero attached hydrogens (tertiary/aromatic N) is 1. The lowest BCUT2D eigenvalue weighted by Crippen LogP contribution is -2.28. The van der Waals surface area contributed by atoms with E-state index in [1.54, 1.807) is 18.3 Å². The molecule has 1 aromatic heterocycles. The minimum Gasteiger partial charge on any atom is -0.439 e. The molecule has 0 amide bonds. The van der Waals surface area contributed by atoms with Gasteiger partial charge in [-0.15, -0.1) is 0 Å². The van der Waals surface area contributed by atoms with Gasteiger partial charge in [0.2, 0.25) is 5.88 Å². The van der Waals surface area contributed by atoms with Crippen molar-refractivity contribution in [2.45, 2.75) is 26.3 Å². The summed E-state index contributed by atoms with van der Waals surface area (Å²) >= 11 is 5.38. The summed E-state index contributed by atoms with van der Waals surface area (Å²) in [6.45, 7) is 4.74. The number of hydrogen-bond acceptors (Lipinski definition) is 3. The van der Waals surface area contributed by atoms with Crippen molar-refractivity contribution < 1.29 is 9.13 Å². The summed E-state index contributed by atoms with van der Waals surface area (Å²) in [5.41, 5.74) is 3.01. The van der Waals surface area contributed by atoms with E-state index in [2.05, 4.69) is 41.6 Å². The zero-order valence-electron chi connectivity index (χ0n) is 15.8. The Hall–Kier alpha value is -2.99. The number of hydrogen-bond donors (Lipinski definition) is 2. The summed E-state index contributed by atoms with van der Waals surface area (Å²) < 4.78 is 19.1. The second kappa shape index (κ2) is 9.28. The molecule has 1 heterocycles. The monoisotopic (exact) mass is 395 g/mol. The highest BCUT2D eigenvalue weighted by atomic mass is 32.1. The molecule has 3 aromatic rings. The van der Waals surface area contributed by atoms with Crippen molar-refractivity contribution in [3.63, 3.8) is 0 Å². The molecule has 3 rings (SSSR count). The number of benzene rings is 2. The lowest BCUT2D eigenvalue weighted by molar-refractivity contribution is 0.451. The molecule has 2 aromatic carbocycles. The van der Waals surface area contributed by atoms with E-state index in [9.17, 15) is 4.39 Å². The zero-order valence-corrected chi connectivity index (χ0v) is 16.6. The maximum absolute atomic E-state index is 13.4. The van der Waals surface area contributed by atoms with Crippen LogP contribution in [0.3, 0.4) is 0 Å². The van der Waals surface area contributed by atoms with Gasteiger partial charge in [-0.2, -0.15) is 0 Å². The summed E-state index contributed by atoms with van der Waals surface area (Å²) in [4.78, 5) is 4.24. The number of anilines is 1. The van der Waals surface area contributed by atoms with Crippen LogP contribution in [0.5, 0.6) is 11.6 Å². The van der Waals surface area contributed by atoms with E-state index in [1.807, 2.05) is 24.3 Å². The molecular formula is C22H22FN3OS. The quantitative estimate of drug-likeness (QED) is 0.530. The van der Waals surface area contributed by atoms with Crippen LogP contribution in [-0.4, -0.2) is 10.1 Å². The molecule has 4 nitrogen and oxygen atoms in total. The van der Waals surface area contributed by atoms with Gasteiger partial charge in [0.1, 0.15) is 11.6 Å². The molecular weight excluding hydrogens is 373 g/mol. The molecule has 0 radical (unpaired) electrons. The van der Waals surface area contributed by atoms with Crippen molar-refractivity contribution in [2.75, 3.05) is 5.32 Å². The van der Waals surface area contributed by atoms with Gasteiger partial charge in [-0.05, 0) is 54.0 Å². The van der Waals surface area contributed by atoms with Crippen molar-refractivity contribution in [1.29, 1.82) is 0 Å². The average molecular weight is 396 g/mol. The smallest absolute Gasteiger partial charge is 0.224 e. The van der Waals surface area contributed by atoms with E-state index in [1.165, 1.54) is 17.7 Å². The van der Waals surface area contributed by atoms with E-state index >= 15 is 0 Å². The van der Waals surface area contributed by atoms with Gasteiger partial charge >= 0.3 is 0 Å².